The maximum absolute atomic E-state index is 13.2. The summed E-state index contributed by atoms with van der Waals surface area (Å²) in [6.07, 6.45) is 1.08. The first-order chi connectivity index (χ1) is 8.15. The summed E-state index contributed by atoms with van der Waals surface area (Å²) in [5.74, 6) is -0.997. The summed E-state index contributed by atoms with van der Waals surface area (Å²) in [5, 5.41) is 4.58. The van der Waals surface area contributed by atoms with Crippen LogP contribution in [0.5, 0.6) is 0 Å². The standard InChI is InChI=1S/C10H8FN3O3/c11-7-3-1-2-4-8(7)12-9(15)5-14-6-10(16)17-13-14/h1-4,6H,5H2,(H-,12,13,15,16)/p+1. The van der Waals surface area contributed by atoms with Gasteiger partial charge in [0.2, 0.25) is 0 Å². The van der Waals surface area contributed by atoms with E-state index in [0.717, 1.165) is 10.9 Å². The molecule has 6 nitrogen and oxygen atoms in total. The normalized spacial score (nSPS) is 10.2. The summed E-state index contributed by atoms with van der Waals surface area (Å²) in [6, 6.07) is 5.80. The second kappa shape index (κ2) is 4.60. The summed E-state index contributed by atoms with van der Waals surface area (Å²) < 4.78 is 18.7. The summed E-state index contributed by atoms with van der Waals surface area (Å²) in [4.78, 5) is 22.2. The molecule has 88 valence electrons. The van der Waals surface area contributed by atoms with E-state index >= 15 is 0 Å². The number of nitrogens with one attached hydrogen (secondary N) is 2. The molecule has 0 aliphatic carbocycles. The Hall–Kier alpha value is -2.44. The Balaban J connectivity index is 2.03. The predicted molar refractivity (Wildman–Crippen MR) is 54.6 cm³/mol. The van der Waals surface area contributed by atoms with Gasteiger partial charge in [-0.2, -0.15) is 0 Å². The van der Waals surface area contributed by atoms with E-state index in [1.807, 2.05) is 0 Å². The van der Waals surface area contributed by atoms with Gasteiger partial charge in [-0.15, -0.1) is 0 Å². The van der Waals surface area contributed by atoms with E-state index in [0.29, 0.717) is 0 Å². The monoisotopic (exact) mass is 238 g/mol. The fourth-order valence-electron chi connectivity index (χ4n) is 1.27. The Morgan fingerprint density at radius 2 is 2.24 bits per heavy atom. The number of amides is 1. The van der Waals surface area contributed by atoms with Gasteiger partial charge in [-0.25, -0.2) is 9.18 Å². The quantitative estimate of drug-likeness (QED) is 0.740. The maximum atomic E-state index is 13.2. The molecule has 0 atom stereocenters. The number of rotatable bonds is 3. The maximum Gasteiger partial charge on any atom is 0.426 e. The van der Waals surface area contributed by atoms with Crippen molar-refractivity contribution in [2.45, 2.75) is 6.54 Å². The second-order valence-electron chi connectivity index (χ2n) is 3.30. The Morgan fingerprint density at radius 1 is 1.47 bits per heavy atom. The fraction of sp³-hybridized carbons (Fsp3) is 0.100. The minimum absolute atomic E-state index is 0.0870. The lowest BCUT2D eigenvalue weighted by Gasteiger charge is -2.02. The van der Waals surface area contributed by atoms with Crippen molar-refractivity contribution in [2.24, 2.45) is 0 Å². The zero-order valence-corrected chi connectivity index (χ0v) is 8.64. The molecule has 0 aliphatic rings. The minimum Gasteiger partial charge on any atom is -0.318 e. The number of aromatic nitrogens is 2. The van der Waals surface area contributed by atoms with Crippen molar-refractivity contribution in [1.82, 2.24) is 5.27 Å². The summed E-state index contributed by atoms with van der Waals surface area (Å²) in [6.45, 7) is -0.167. The molecule has 0 aliphatic heterocycles. The number of carbonyl (C=O) groups is 1. The summed E-state index contributed by atoms with van der Waals surface area (Å²) >= 11 is 0. The average Bonchev–Trinajstić information content (AvgIpc) is 2.67. The first-order valence-electron chi connectivity index (χ1n) is 4.77. The molecule has 1 heterocycles. The van der Waals surface area contributed by atoms with Crippen LogP contribution in [0.1, 0.15) is 0 Å². The number of H-pyrrole nitrogens is 1. The lowest BCUT2D eigenvalue weighted by Crippen LogP contribution is -2.41. The van der Waals surface area contributed by atoms with E-state index in [-0.39, 0.29) is 12.2 Å². The molecule has 0 unspecified atom stereocenters. The van der Waals surface area contributed by atoms with Crippen molar-refractivity contribution >= 4 is 11.6 Å². The largest absolute Gasteiger partial charge is 0.426 e. The fourth-order valence-corrected chi connectivity index (χ4v) is 1.27. The lowest BCUT2D eigenvalue weighted by molar-refractivity contribution is -0.750. The molecule has 7 heteroatoms. The van der Waals surface area contributed by atoms with Crippen molar-refractivity contribution in [2.75, 3.05) is 5.32 Å². The zero-order chi connectivity index (χ0) is 12.3. The third-order valence-corrected chi connectivity index (χ3v) is 1.99. The van der Waals surface area contributed by atoms with Crippen molar-refractivity contribution in [1.29, 1.82) is 0 Å². The van der Waals surface area contributed by atoms with E-state index in [2.05, 4.69) is 15.1 Å². The molecule has 17 heavy (non-hydrogen) atoms. The molecule has 1 aromatic carbocycles. The molecule has 2 aromatic rings. The Kier molecular flexibility index (Phi) is 2.99. The molecule has 0 saturated carbocycles. The number of benzene rings is 1. The molecule has 0 spiro atoms. The van der Waals surface area contributed by atoms with E-state index in [4.69, 9.17) is 0 Å². The van der Waals surface area contributed by atoms with E-state index in [1.54, 1.807) is 6.07 Å². The van der Waals surface area contributed by atoms with Crippen LogP contribution < -0.4 is 15.6 Å². The Bertz CT molecular complexity index is 590. The van der Waals surface area contributed by atoms with Crippen LogP contribution in [-0.2, 0) is 11.3 Å². The van der Waals surface area contributed by atoms with Crippen LogP contribution in [0, 0.1) is 5.82 Å². The molecular weight excluding hydrogens is 229 g/mol. The average molecular weight is 238 g/mol. The number of anilines is 1. The highest BCUT2D eigenvalue weighted by Gasteiger charge is 2.14. The van der Waals surface area contributed by atoms with E-state index in [1.165, 1.54) is 18.2 Å². The highest BCUT2D eigenvalue weighted by atomic mass is 19.1. The van der Waals surface area contributed by atoms with Gasteiger partial charge >= 0.3 is 5.63 Å². The Morgan fingerprint density at radius 3 is 2.88 bits per heavy atom. The SMILES string of the molecule is O=C(C[n+]1cc(=O)o[nH]1)Nc1ccccc1F. The zero-order valence-electron chi connectivity index (χ0n) is 8.64. The smallest absolute Gasteiger partial charge is 0.318 e. The molecule has 0 saturated heterocycles. The molecule has 1 amide bonds. The third kappa shape index (κ3) is 2.77. The molecule has 0 bridgehead atoms. The molecule has 2 N–H and O–H groups in total. The van der Waals surface area contributed by atoms with Crippen molar-refractivity contribution in [3.05, 3.63) is 46.7 Å². The number of carbonyl (C=O) groups excluding carboxylic acids is 1. The van der Waals surface area contributed by atoms with Gasteiger partial charge < -0.3 is 5.32 Å². The number of hydrogen-bond acceptors (Lipinski definition) is 3. The highest BCUT2D eigenvalue weighted by Crippen LogP contribution is 2.11. The van der Waals surface area contributed by atoms with Crippen LogP contribution in [-0.4, -0.2) is 11.2 Å². The van der Waals surface area contributed by atoms with Crippen LogP contribution in [0.25, 0.3) is 0 Å². The van der Waals surface area contributed by atoms with Gasteiger partial charge in [-0.05, 0) is 17.4 Å². The Labute approximate surface area is 94.6 Å². The van der Waals surface area contributed by atoms with Gasteiger partial charge in [-0.1, -0.05) is 16.8 Å². The topological polar surface area (TPSA) is 79.0 Å². The third-order valence-electron chi connectivity index (χ3n) is 1.99. The predicted octanol–water partition coefficient (Wildman–Crippen LogP) is 0.0332. The van der Waals surface area contributed by atoms with Crippen LogP contribution in [0.3, 0.4) is 0 Å². The van der Waals surface area contributed by atoms with Crippen LogP contribution in [0.2, 0.25) is 0 Å². The van der Waals surface area contributed by atoms with Crippen LogP contribution in [0.4, 0.5) is 10.1 Å². The van der Waals surface area contributed by atoms with Crippen LogP contribution >= 0.6 is 0 Å². The van der Waals surface area contributed by atoms with Crippen LogP contribution in [0.15, 0.2) is 39.8 Å². The number of halogens is 1. The first-order valence-corrected chi connectivity index (χ1v) is 4.77. The van der Waals surface area contributed by atoms with Gasteiger partial charge in [0.15, 0.2) is 0 Å². The number of hydrogen-bond donors (Lipinski definition) is 2. The van der Waals surface area contributed by atoms with Gasteiger partial charge in [0.1, 0.15) is 5.82 Å². The lowest BCUT2D eigenvalue weighted by atomic mass is 10.3. The van der Waals surface area contributed by atoms with Gasteiger partial charge in [0, 0.05) is 0 Å². The van der Waals surface area contributed by atoms with Gasteiger partial charge in [0.25, 0.3) is 18.6 Å². The molecular formula is C10H9FN3O3+. The van der Waals surface area contributed by atoms with E-state index in [9.17, 15) is 14.0 Å². The van der Waals surface area contributed by atoms with Crippen molar-refractivity contribution in [3.63, 3.8) is 0 Å². The van der Waals surface area contributed by atoms with Crippen molar-refractivity contribution < 1.29 is 18.4 Å². The van der Waals surface area contributed by atoms with Gasteiger partial charge in [0.05, 0.1) is 5.69 Å². The first kappa shape index (κ1) is 11.1. The summed E-state index contributed by atoms with van der Waals surface area (Å²) in [7, 11) is 0. The summed E-state index contributed by atoms with van der Waals surface area (Å²) in [5.41, 5.74) is -0.507. The number of nitrogens with zero attached hydrogens (tertiary/aromatic N) is 1. The molecule has 0 fully saturated rings. The van der Waals surface area contributed by atoms with Crippen molar-refractivity contribution in [3.8, 4) is 0 Å². The number of aromatic amines is 1. The minimum atomic E-state index is -0.594. The van der Waals surface area contributed by atoms with Gasteiger partial charge in [-0.3, -0.25) is 9.32 Å². The molecule has 0 radical (unpaired) electrons. The second-order valence-corrected chi connectivity index (χ2v) is 3.30. The number of para-hydroxylation sites is 1. The highest BCUT2D eigenvalue weighted by molar-refractivity contribution is 5.89. The molecule has 2 rings (SSSR count). The van der Waals surface area contributed by atoms with E-state index < -0.39 is 17.3 Å². The molecule has 1 aromatic heterocycles.